The quantitative estimate of drug-likeness (QED) is 0.264. The van der Waals surface area contributed by atoms with Crippen LogP contribution in [0.1, 0.15) is 11.1 Å². The van der Waals surface area contributed by atoms with Gasteiger partial charge in [0.1, 0.15) is 0 Å². The molecule has 0 atom stereocenters. The number of alkyl halides is 3. The molecule has 2 N–H and O–H groups in total. The molecule has 0 radical (unpaired) electrons. The summed E-state index contributed by atoms with van der Waals surface area (Å²) >= 11 is 0. The first-order valence-electron chi connectivity index (χ1n) is 9.54. The van der Waals surface area contributed by atoms with E-state index in [1.165, 1.54) is 31.5 Å². The highest BCUT2D eigenvalue weighted by molar-refractivity contribution is 5.90. The number of nitro benzene ring substituents is 1. The number of nitrogens with zero attached hydrogens (tertiary/aromatic N) is 2. The largest absolute Gasteiger partial charge is 0.493 e. The molecular weight excluding hydrogens is 457 g/mol. The molecule has 9 nitrogen and oxygen atoms in total. The molecule has 176 valence electrons. The molecule has 3 rings (SSSR count). The number of benzene rings is 3. The first-order valence-corrected chi connectivity index (χ1v) is 9.54. The fourth-order valence-corrected chi connectivity index (χ4v) is 2.74. The van der Waals surface area contributed by atoms with Gasteiger partial charge in [-0.05, 0) is 48.0 Å². The van der Waals surface area contributed by atoms with Crippen LogP contribution in [0.15, 0.2) is 71.8 Å². The van der Waals surface area contributed by atoms with Crippen LogP contribution in [0.5, 0.6) is 17.2 Å². The number of hydrogen-bond donors (Lipinski definition) is 2. The molecule has 3 aromatic carbocycles. The summed E-state index contributed by atoms with van der Waals surface area (Å²) in [6, 6.07) is 14.5. The lowest BCUT2D eigenvalue weighted by Crippen LogP contribution is -2.24. The highest BCUT2D eigenvalue weighted by Crippen LogP contribution is 2.40. The summed E-state index contributed by atoms with van der Waals surface area (Å²) in [4.78, 5) is 22.1. The number of hydrazone groups is 1. The number of carbonyl (C=O) groups excluding carboxylic acids is 1. The van der Waals surface area contributed by atoms with E-state index in [0.717, 1.165) is 6.07 Å². The van der Waals surface area contributed by atoms with Gasteiger partial charge in [-0.2, -0.15) is 18.3 Å². The summed E-state index contributed by atoms with van der Waals surface area (Å²) in [5.41, 5.74) is 1.32. The van der Waals surface area contributed by atoms with E-state index in [9.17, 15) is 28.1 Å². The predicted molar refractivity (Wildman–Crippen MR) is 117 cm³/mol. The third-order valence-corrected chi connectivity index (χ3v) is 4.30. The van der Waals surface area contributed by atoms with Gasteiger partial charge in [-0.15, -0.1) is 0 Å². The van der Waals surface area contributed by atoms with Crippen LogP contribution in [0.3, 0.4) is 0 Å². The maximum atomic E-state index is 12.9. The summed E-state index contributed by atoms with van der Waals surface area (Å²) in [6.07, 6.45) is -3.43. The number of methoxy groups -OCH3 is 1. The molecule has 0 saturated heterocycles. The predicted octanol–water partition coefficient (Wildman–Crippen LogP) is 5.57. The lowest BCUT2D eigenvalue weighted by molar-refractivity contribution is -0.385. The molecule has 0 heterocycles. The van der Waals surface area contributed by atoms with Gasteiger partial charge in [-0.3, -0.25) is 10.1 Å². The number of halogens is 3. The number of urea groups is 1. The highest BCUT2D eigenvalue weighted by atomic mass is 19.4. The van der Waals surface area contributed by atoms with Crippen LogP contribution in [-0.4, -0.2) is 24.3 Å². The fourth-order valence-electron chi connectivity index (χ4n) is 2.74. The van der Waals surface area contributed by atoms with Crippen LogP contribution in [0.4, 0.5) is 29.3 Å². The van der Waals surface area contributed by atoms with Crippen molar-refractivity contribution in [3.63, 3.8) is 0 Å². The van der Waals surface area contributed by atoms with Crippen molar-refractivity contribution in [1.82, 2.24) is 5.43 Å². The van der Waals surface area contributed by atoms with Gasteiger partial charge in [-0.1, -0.05) is 18.2 Å². The van der Waals surface area contributed by atoms with Gasteiger partial charge < -0.3 is 14.8 Å². The van der Waals surface area contributed by atoms with Gasteiger partial charge in [-0.25, -0.2) is 10.2 Å². The Labute approximate surface area is 191 Å². The number of rotatable bonds is 7. The van der Waals surface area contributed by atoms with Crippen molar-refractivity contribution in [1.29, 1.82) is 0 Å². The Balaban J connectivity index is 1.73. The van der Waals surface area contributed by atoms with Crippen molar-refractivity contribution in [2.45, 2.75) is 6.18 Å². The van der Waals surface area contributed by atoms with Gasteiger partial charge in [0.25, 0.3) is 0 Å². The number of para-hydroxylation sites is 1. The normalized spacial score (nSPS) is 11.2. The molecule has 0 spiro atoms. The minimum absolute atomic E-state index is 0.0253. The second-order valence-electron chi connectivity index (χ2n) is 6.64. The van der Waals surface area contributed by atoms with Gasteiger partial charge in [0, 0.05) is 11.8 Å². The van der Waals surface area contributed by atoms with E-state index in [2.05, 4.69) is 15.8 Å². The molecule has 12 heteroatoms. The van der Waals surface area contributed by atoms with E-state index in [0.29, 0.717) is 23.4 Å². The monoisotopic (exact) mass is 474 g/mol. The van der Waals surface area contributed by atoms with Crippen molar-refractivity contribution < 1.29 is 32.4 Å². The van der Waals surface area contributed by atoms with Crippen LogP contribution in [0.25, 0.3) is 0 Å². The average Bonchev–Trinajstić information content (AvgIpc) is 2.80. The van der Waals surface area contributed by atoms with Gasteiger partial charge in [0.2, 0.25) is 5.75 Å². The first kappa shape index (κ1) is 24.0. The van der Waals surface area contributed by atoms with Crippen molar-refractivity contribution in [2.75, 3.05) is 12.4 Å². The second kappa shape index (κ2) is 10.3. The highest BCUT2D eigenvalue weighted by Gasteiger charge is 2.33. The number of anilines is 1. The molecule has 0 fully saturated rings. The molecule has 0 unspecified atom stereocenters. The van der Waals surface area contributed by atoms with Crippen LogP contribution >= 0.6 is 0 Å². The lowest BCUT2D eigenvalue weighted by Gasteiger charge is -2.12. The Morgan fingerprint density at radius 2 is 1.74 bits per heavy atom. The van der Waals surface area contributed by atoms with E-state index in [1.54, 1.807) is 30.3 Å². The Kier molecular flexibility index (Phi) is 7.31. The van der Waals surface area contributed by atoms with Gasteiger partial charge in [0.05, 0.1) is 23.8 Å². The molecular formula is C22H17F3N4O5. The smallest absolute Gasteiger partial charge is 0.416 e. The minimum Gasteiger partial charge on any atom is -0.493 e. The lowest BCUT2D eigenvalue weighted by atomic mass is 10.1. The van der Waals surface area contributed by atoms with Crippen molar-refractivity contribution in [3.8, 4) is 17.2 Å². The summed E-state index contributed by atoms with van der Waals surface area (Å²) < 4.78 is 49.3. The van der Waals surface area contributed by atoms with Crippen LogP contribution in [0, 0.1) is 10.1 Å². The van der Waals surface area contributed by atoms with Crippen LogP contribution in [0.2, 0.25) is 0 Å². The maximum Gasteiger partial charge on any atom is 0.416 e. The van der Waals surface area contributed by atoms with Crippen molar-refractivity contribution in [2.24, 2.45) is 5.10 Å². The second-order valence-corrected chi connectivity index (χ2v) is 6.64. The van der Waals surface area contributed by atoms with E-state index in [1.807, 2.05) is 0 Å². The summed E-state index contributed by atoms with van der Waals surface area (Å²) in [5.74, 6) is -0.235. The van der Waals surface area contributed by atoms with E-state index < -0.39 is 34.1 Å². The Bertz CT molecular complexity index is 1220. The number of nitrogens with one attached hydrogen (secondary N) is 2. The topological polar surface area (TPSA) is 115 Å². The molecule has 0 aromatic heterocycles. The van der Waals surface area contributed by atoms with Crippen LogP contribution < -0.4 is 20.2 Å². The summed E-state index contributed by atoms with van der Waals surface area (Å²) in [6.45, 7) is 0. The van der Waals surface area contributed by atoms with E-state index in [-0.39, 0.29) is 11.5 Å². The molecule has 34 heavy (non-hydrogen) atoms. The molecule has 0 aliphatic carbocycles. The number of carbonyl (C=O) groups is 1. The third-order valence-electron chi connectivity index (χ3n) is 4.30. The first-order chi connectivity index (χ1) is 16.2. The third kappa shape index (κ3) is 6.22. The average molecular weight is 474 g/mol. The molecule has 0 aliphatic heterocycles. The summed E-state index contributed by atoms with van der Waals surface area (Å²) in [7, 11) is 1.32. The minimum atomic E-state index is -4.74. The molecule has 0 saturated carbocycles. The number of nitro groups is 1. The SMILES string of the molecule is COc1cc(/C=N\NC(=O)Nc2ccccc2)ccc1Oc1ccc(C(F)(F)F)cc1[N+](=O)[O-]. The number of ether oxygens (including phenoxy) is 2. The Morgan fingerprint density at radius 3 is 2.38 bits per heavy atom. The van der Waals surface area contributed by atoms with Gasteiger partial charge >= 0.3 is 17.9 Å². The van der Waals surface area contributed by atoms with E-state index >= 15 is 0 Å². The number of hydrogen-bond acceptors (Lipinski definition) is 6. The fraction of sp³-hybridized carbons (Fsp3) is 0.0909. The number of amides is 2. The zero-order chi connectivity index (χ0) is 24.7. The molecule has 0 aliphatic rings. The standard InChI is InChI=1S/C22H17F3N4O5/c1-33-20-11-14(13-26-28-21(30)27-16-5-3-2-4-6-16)7-9-19(20)34-18-10-8-15(22(23,24)25)12-17(18)29(31)32/h2-13H,1H3,(H2,27,28,30)/b26-13-. The zero-order valence-electron chi connectivity index (χ0n) is 17.5. The maximum absolute atomic E-state index is 12.9. The Morgan fingerprint density at radius 1 is 1.03 bits per heavy atom. The molecule has 2 amide bonds. The van der Waals surface area contributed by atoms with E-state index in [4.69, 9.17) is 9.47 Å². The zero-order valence-corrected chi connectivity index (χ0v) is 17.5. The summed E-state index contributed by atoms with van der Waals surface area (Å²) in [5, 5.41) is 17.7. The van der Waals surface area contributed by atoms with Crippen molar-refractivity contribution >= 4 is 23.6 Å². The Hall–Kier alpha value is -4.61. The van der Waals surface area contributed by atoms with Gasteiger partial charge in [0.15, 0.2) is 11.5 Å². The molecule has 0 bridgehead atoms. The van der Waals surface area contributed by atoms with Crippen LogP contribution in [-0.2, 0) is 6.18 Å². The molecule has 3 aromatic rings. The van der Waals surface area contributed by atoms with Crippen molar-refractivity contribution in [3.05, 3.63) is 88.0 Å².